The average molecular weight is 188 g/mol. The molecule has 1 aliphatic rings. The van der Waals surface area contributed by atoms with Crippen LogP contribution in [0.2, 0.25) is 0 Å². The maximum atomic E-state index is 5.73. The molecule has 0 unspecified atom stereocenters. The molecule has 0 amide bonds. The molecule has 0 aliphatic heterocycles. The molecule has 0 atom stereocenters. The maximum absolute atomic E-state index is 5.73. The molecule has 0 fully saturated rings. The van der Waals surface area contributed by atoms with E-state index in [1.54, 1.807) is 0 Å². The first-order valence-corrected chi connectivity index (χ1v) is 5.22. The fraction of sp³-hybridized carbons (Fsp3) is 0.385. The van der Waals surface area contributed by atoms with Gasteiger partial charge in [-0.05, 0) is 37.0 Å². The Morgan fingerprint density at radius 3 is 2.86 bits per heavy atom. The molecule has 1 heteroatoms. The normalized spacial score (nSPS) is 15.4. The van der Waals surface area contributed by atoms with Crippen LogP contribution in [0.5, 0.6) is 0 Å². The molecule has 0 heterocycles. The minimum absolute atomic E-state index is 0.721. The largest absolute Gasteiger partial charge is 0.494 e. The van der Waals surface area contributed by atoms with E-state index in [9.17, 15) is 0 Å². The predicted octanol–water partition coefficient (Wildman–Crippen LogP) is 3.58. The van der Waals surface area contributed by atoms with Crippen molar-refractivity contribution in [3.63, 3.8) is 0 Å². The summed E-state index contributed by atoms with van der Waals surface area (Å²) >= 11 is 0. The average Bonchev–Trinajstić information content (AvgIpc) is 2.69. The lowest BCUT2D eigenvalue weighted by Crippen LogP contribution is -1.93. The second-order valence-electron chi connectivity index (χ2n) is 3.78. The molecule has 0 N–H and O–H groups in total. The van der Waals surface area contributed by atoms with Gasteiger partial charge in [-0.1, -0.05) is 24.3 Å². The van der Waals surface area contributed by atoms with E-state index in [1.165, 1.54) is 29.7 Å². The number of allylic oxidation sites excluding steroid dienone is 2. The Morgan fingerprint density at radius 2 is 2.14 bits per heavy atom. The van der Waals surface area contributed by atoms with Crippen molar-refractivity contribution in [2.24, 2.45) is 0 Å². The van der Waals surface area contributed by atoms with Crippen LogP contribution in [0.25, 0.3) is 0 Å². The first-order chi connectivity index (χ1) is 6.86. The molecular weight excluding hydrogens is 172 g/mol. The second-order valence-corrected chi connectivity index (χ2v) is 3.78. The highest BCUT2D eigenvalue weighted by Crippen LogP contribution is 2.20. The van der Waals surface area contributed by atoms with Crippen molar-refractivity contribution in [2.75, 3.05) is 0 Å². The minimum atomic E-state index is 0.721. The van der Waals surface area contributed by atoms with Crippen LogP contribution in [-0.4, -0.2) is 0 Å². The zero-order valence-electron chi connectivity index (χ0n) is 8.62. The van der Waals surface area contributed by atoms with Crippen LogP contribution in [0.4, 0.5) is 0 Å². The van der Waals surface area contributed by atoms with Crippen molar-refractivity contribution >= 4 is 0 Å². The smallest absolute Gasteiger partial charge is 0.113 e. The van der Waals surface area contributed by atoms with Gasteiger partial charge < -0.3 is 4.74 Å². The summed E-state index contributed by atoms with van der Waals surface area (Å²) in [4.78, 5) is 0. The third-order valence-corrected chi connectivity index (χ3v) is 2.67. The fourth-order valence-corrected chi connectivity index (χ4v) is 1.71. The Labute approximate surface area is 85.4 Å². The Bertz CT molecular complexity index is 339. The summed E-state index contributed by atoms with van der Waals surface area (Å²) in [6, 6.07) is 8.38. The minimum Gasteiger partial charge on any atom is -0.494 e. The van der Waals surface area contributed by atoms with Crippen LogP contribution in [0, 0.1) is 6.92 Å². The summed E-state index contributed by atoms with van der Waals surface area (Å²) in [5.41, 5.74) is 2.60. The van der Waals surface area contributed by atoms with Crippen LogP contribution in [0.3, 0.4) is 0 Å². The lowest BCUT2D eigenvalue weighted by Gasteiger charge is -2.08. The van der Waals surface area contributed by atoms with Gasteiger partial charge in [0.2, 0.25) is 0 Å². The van der Waals surface area contributed by atoms with Gasteiger partial charge in [-0.15, -0.1) is 0 Å². The van der Waals surface area contributed by atoms with Gasteiger partial charge in [0.25, 0.3) is 0 Å². The third-order valence-electron chi connectivity index (χ3n) is 2.67. The summed E-state index contributed by atoms with van der Waals surface area (Å²) in [7, 11) is 0. The molecule has 0 saturated heterocycles. The quantitative estimate of drug-likeness (QED) is 0.704. The topological polar surface area (TPSA) is 9.23 Å². The molecule has 14 heavy (non-hydrogen) atoms. The third kappa shape index (κ3) is 2.16. The molecule has 0 saturated carbocycles. The molecule has 74 valence electrons. The number of aryl methyl sites for hydroxylation is 1. The number of hydrogen-bond acceptors (Lipinski definition) is 1. The van der Waals surface area contributed by atoms with Crippen molar-refractivity contribution in [1.29, 1.82) is 0 Å². The summed E-state index contributed by atoms with van der Waals surface area (Å²) < 4.78 is 5.73. The lowest BCUT2D eigenvalue weighted by molar-refractivity contribution is 0.192. The van der Waals surface area contributed by atoms with Crippen molar-refractivity contribution in [2.45, 2.75) is 32.8 Å². The fourth-order valence-electron chi connectivity index (χ4n) is 1.71. The molecule has 0 aromatic heterocycles. The summed E-state index contributed by atoms with van der Waals surface area (Å²) in [6.07, 6.45) is 5.76. The second kappa shape index (κ2) is 4.32. The number of ether oxygens (including phenoxy) is 1. The molecular formula is C13H16O. The predicted molar refractivity (Wildman–Crippen MR) is 57.9 cm³/mol. The van der Waals surface area contributed by atoms with Gasteiger partial charge in [-0.25, -0.2) is 0 Å². The van der Waals surface area contributed by atoms with Crippen LogP contribution in [0.1, 0.15) is 30.4 Å². The van der Waals surface area contributed by atoms with E-state index in [1.807, 2.05) is 0 Å². The van der Waals surface area contributed by atoms with Crippen LogP contribution in [-0.2, 0) is 11.3 Å². The van der Waals surface area contributed by atoms with Crippen molar-refractivity contribution in [3.8, 4) is 0 Å². The summed E-state index contributed by atoms with van der Waals surface area (Å²) in [6.45, 7) is 2.85. The Kier molecular flexibility index (Phi) is 2.87. The Hall–Kier alpha value is -1.24. The maximum Gasteiger partial charge on any atom is 0.113 e. The first kappa shape index (κ1) is 9.32. The van der Waals surface area contributed by atoms with Crippen molar-refractivity contribution < 1.29 is 4.74 Å². The number of hydrogen-bond donors (Lipinski definition) is 0. The van der Waals surface area contributed by atoms with Crippen LogP contribution >= 0.6 is 0 Å². The molecule has 0 radical (unpaired) electrons. The molecule has 1 nitrogen and oxygen atoms in total. The lowest BCUT2D eigenvalue weighted by atomic mass is 10.1. The van der Waals surface area contributed by atoms with E-state index in [4.69, 9.17) is 4.74 Å². The molecule has 0 spiro atoms. The molecule has 1 aliphatic carbocycles. The van der Waals surface area contributed by atoms with Crippen molar-refractivity contribution in [1.82, 2.24) is 0 Å². The van der Waals surface area contributed by atoms with Crippen molar-refractivity contribution in [3.05, 3.63) is 47.2 Å². The molecule has 0 bridgehead atoms. The van der Waals surface area contributed by atoms with E-state index >= 15 is 0 Å². The van der Waals surface area contributed by atoms with Gasteiger partial charge in [-0.3, -0.25) is 0 Å². The van der Waals surface area contributed by atoms with Crippen LogP contribution in [0.15, 0.2) is 36.1 Å². The summed E-state index contributed by atoms with van der Waals surface area (Å²) in [5.74, 6) is 1.17. The van der Waals surface area contributed by atoms with Gasteiger partial charge in [0.1, 0.15) is 6.61 Å². The Morgan fingerprint density at radius 1 is 1.29 bits per heavy atom. The molecule has 1 aromatic rings. The number of rotatable bonds is 3. The van der Waals surface area contributed by atoms with Gasteiger partial charge in [0.05, 0.1) is 5.76 Å². The SMILES string of the molecule is Cc1ccccc1COC1=CCCC1. The van der Waals surface area contributed by atoms with E-state index in [0.29, 0.717) is 0 Å². The molecule has 1 aromatic carbocycles. The standard InChI is InChI=1S/C13H16O/c1-11-6-2-3-7-12(11)10-14-13-8-4-5-9-13/h2-3,6-8H,4-5,9-10H2,1H3. The van der Waals surface area contributed by atoms with Gasteiger partial charge in [0.15, 0.2) is 0 Å². The summed E-state index contributed by atoms with van der Waals surface area (Å²) in [5, 5.41) is 0. The van der Waals surface area contributed by atoms with E-state index < -0.39 is 0 Å². The first-order valence-electron chi connectivity index (χ1n) is 5.22. The van der Waals surface area contributed by atoms with Crippen LogP contribution < -0.4 is 0 Å². The van der Waals surface area contributed by atoms with E-state index in [-0.39, 0.29) is 0 Å². The zero-order valence-corrected chi connectivity index (χ0v) is 8.62. The Balaban J connectivity index is 1.94. The highest BCUT2D eigenvalue weighted by molar-refractivity contribution is 5.24. The highest BCUT2D eigenvalue weighted by atomic mass is 16.5. The van der Waals surface area contributed by atoms with E-state index in [2.05, 4.69) is 37.3 Å². The van der Waals surface area contributed by atoms with Gasteiger partial charge >= 0.3 is 0 Å². The van der Waals surface area contributed by atoms with E-state index in [0.717, 1.165) is 13.0 Å². The van der Waals surface area contributed by atoms with Gasteiger partial charge in [0, 0.05) is 6.42 Å². The molecule has 2 rings (SSSR count). The zero-order chi connectivity index (χ0) is 9.80. The highest BCUT2D eigenvalue weighted by Gasteiger charge is 2.05. The van der Waals surface area contributed by atoms with Gasteiger partial charge in [-0.2, -0.15) is 0 Å². The number of benzene rings is 1. The monoisotopic (exact) mass is 188 g/mol.